The van der Waals surface area contributed by atoms with E-state index < -0.39 is 39.6 Å². The van der Waals surface area contributed by atoms with Crippen molar-refractivity contribution < 1.29 is 41.4 Å². The zero-order valence-corrected chi connectivity index (χ0v) is 33.0. The highest BCUT2D eigenvalue weighted by molar-refractivity contribution is 7.90. The third-order valence-corrected chi connectivity index (χ3v) is 9.86. The van der Waals surface area contributed by atoms with Gasteiger partial charge in [0.15, 0.2) is 15.5 Å². The van der Waals surface area contributed by atoms with Gasteiger partial charge in [0.1, 0.15) is 17.1 Å². The van der Waals surface area contributed by atoms with Crippen molar-refractivity contribution in [3.05, 3.63) is 96.4 Å². The van der Waals surface area contributed by atoms with Crippen LogP contribution >= 0.6 is 0 Å². The molecule has 0 fully saturated rings. The van der Waals surface area contributed by atoms with Crippen LogP contribution in [-0.4, -0.2) is 66.2 Å². The highest BCUT2D eigenvalue weighted by Crippen LogP contribution is 2.36. The van der Waals surface area contributed by atoms with Crippen molar-refractivity contribution in [3.8, 4) is 16.9 Å². The molecule has 296 valence electrons. The highest BCUT2D eigenvalue weighted by atomic mass is 32.2. The maximum Gasteiger partial charge on any atom is 0.424 e. The summed E-state index contributed by atoms with van der Waals surface area (Å²) in [6.07, 6.45) is 1.09. The van der Waals surface area contributed by atoms with Crippen LogP contribution in [0.4, 0.5) is 26.5 Å². The Morgan fingerprint density at radius 3 is 2.20 bits per heavy atom. The normalized spacial score (nSPS) is 12.9. The van der Waals surface area contributed by atoms with Crippen LogP contribution in [0.15, 0.2) is 90.0 Å². The third-order valence-electron chi connectivity index (χ3n) is 8.75. The van der Waals surface area contributed by atoms with Gasteiger partial charge in [-0.15, -0.1) is 5.10 Å². The number of anilines is 3. The van der Waals surface area contributed by atoms with Crippen LogP contribution in [0.5, 0.6) is 5.75 Å². The van der Waals surface area contributed by atoms with Gasteiger partial charge in [-0.25, -0.2) is 31.8 Å². The molecule has 5 rings (SSSR count). The number of esters is 1. The molecule has 0 bridgehead atoms. The van der Waals surface area contributed by atoms with Crippen LogP contribution in [-0.2, 0) is 28.9 Å². The minimum absolute atomic E-state index is 0.00229. The molecule has 3 aromatic carbocycles. The van der Waals surface area contributed by atoms with Crippen molar-refractivity contribution in [2.24, 2.45) is 11.7 Å². The summed E-state index contributed by atoms with van der Waals surface area (Å²) in [6.45, 7) is 8.61. The fraction of sp³-hybridized carbons (Fsp3) is 0.325. The van der Waals surface area contributed by atoms with E-state index >= 15 is 0 Å². The van der Waals surface area contributed by atoms with Gasteiger partial charge in [-0.2, -0.15) is 4.98 Å². The number of methoxy groups -OCH3 is 1. The lowest BCUT2D eigenvalue weighted by atomic mass is 10.00. The summed E-state index contributed by atoms with van der Waals surface area (Å²) in [5, 5.41) is 7.47. The van der Waals surface area contributed by atoms with Gasteiger partial charge in [0, 0.05) is 36.2 Å². The molecule has 0 spiro atoms. The van der Waals surface area contributed by atoms with E-state index in [0.29, 0.717) is 23.3 Å². The van der Waals surface area contributed by atoms with Gasteiger partial charge in [0.25, 0.3) is 5.95 Å². The van der Waals surface area contributed by atoms with Crippen LogP contribution in [0.2, 0.25) is 0 Å². The number of benzene rings is 3. The van der Waals surface area contributed by atoms with Crippen LogP contribution in [0.1, 0.15) is 58.9 Å². The highest BCUT2D eigenvalue weighted by Gasteiger charge is 2.33. The first kappa shape index (κ1) is 41.3. The predicted octanol–water partition coefficient (Wildman–Crippen LogP) is 7.01. The van der Waals surface area contributed by atoms with Gasteiger partial charge < -0.3 is 25.3 Å². The minimum Gasteiger partial charge on any atom is -0.495 e. The number of carbonyl (C=O) groups is 3. The number of halogens is 1. The molecule has 5 aromatic rings. The lowest BCUT2D eigenvalue weighted by molar-refractivity contribution is -0.174. The summed E-state index contributed by atoms with van der Waals surface area (Å²) < 4.78 is 56.4. The van der Waals surface area contributed by atoms with Gasteiger partial charge in [-0.05, 0) is 92.8 Å². The number of pyridine rings is 1. The number of sulfone groups is 1. The van der Waals surface area contributed by atoms with Crippen LogP contribution in [0.25, 0.3) is 16.8 Å². The number of nitrogens with two attached hydrogens (primary N) is 1. The molecule has 2 heterocycles. The second-order valence-electron chi connectivity index (χ2n) is 14.3. The maximum atomic E-state index is 14.2. The molecular formula is C40H45FN6O8S. The lowest BCUT2D eigenvalue weighted by Crippen LogP contribution is -2.45. The molecule has 0 aliphatic heterocycles. The minimum atomic E-state index is -3.65. The molecule has 2 amide bonds. The van der Waals surface area contributed by atoms with Gasteiger partial charge in [-0.3, -0.25) is 4.79 Å². The van der Waals surface area contributed by atoms with Crippen molar-refractivity contribution in [3.63, 3.8) is 0 Å². The summed E-state index contributed by atoms with van der Waals surface area (Å²) in [7, 11) is -2.34. The molecule has 16 heteroatoms. The Hall–Kier alpha value is -5.87. The Kier molecular flexibility index (Phi) is 12.4. The van der Waals surface area contributed by atoms with Crippen molar-refractivity contribution in [1.29, 1.82) is 0 Å². The van der Waals surface area contributed by atoms with Gasteiger partial charge in [-0.1, -0.05) is 38.1 Å². The molecule has 2 unspecified atom stereocenters. The van der Waals surface area contributed by atoms with E-state index in [-0.39, 0.29) is 46.3 Å². The number of hydrogen-bond acceptors (Lipinski definition) is 11. The van der Waals surface area contributed by atoms with E-state index in [1.165, 1.54) is 55.8 Å². The Morgan fingerprint density at radius 1 is 0.929 bits per heavy atom. The molecule has 3 N–H and O–H groups in total. The monoisotopic (exact) mass is 788 g/mol. The summed E-state index contributed by atoms with van der Waals surface area (Å²) in [6, 6.07) is 20.3. The average Bonchev–Trinajstić information content (AvgIpc) is 3.56. The second-order valence-corrected chi connectivity index (χ2v) is 16.3. The topological polar surface area (TPSA) is 185 Å². The van der Waals surface area contributed by atoms with E-state index in [1.807, 2.05) is 26.0 Å². The number of rotatable bonds is 14. The van der Waals surface area contributed by atoms with Crippen molar-refractivity contribution in [2.45, 2.75) is 70.1 Å². The number of carbonyl (C=O) groups excluding carboxylic acids is 3. The van der Waals surface area contributed by atoms with Crippen LogP contribution in [0.3, 0.4) is 0 Å². The first-order chi connectivity index (χ1) is 26.3. The largest absolute Gasteiger partial charge is 0.495 e. The molecule has 2 atom stereocenters. The van der Waals surface area contributed by atoms with Crippen LogP contribution < -0.4 is 20.7 Å². The smallest absolute Gasteiger partial charge is 0.424 e. The van der Waals surface area contributed by atoms with Gasteiger partial charge in [0.05, 0.1) is 23.6 Å². The summed E-state index contributed by atoms with van der Waals surface area (Å²) in [4.78, 5) is 45.4. The van der Waals surface area contributed by atoms with Crippen molar-refractivity contribution >= 4 is 50.8 Å². The fourth-order valence-electron chi connectivity index (χ4n) is 5.44. The first-order valence-electron chi connectivity index (χ1n) is 17.8. The van der Waals surface area contributed by atoms with E-state index in [4.69, 9.17) is 19.9 Å². The quantitative estimate of drug-likeness (QED) is 0.0872. The fourth-order valence-corrected chi connectivity index (χ4v) is 6.08. The number of ether oxygens (including phenoxy) is 3. The molecule has 14 nitrogen and oxygen atoms in total. The predicted molar refractivity (Wildman–Crippen MR) is 209 cm³/mol. The number of amides is 2. The number of hydrogen-bond donors (Lipinski definition) is 2. The van der Waals surface area contributed by atoms with E-state index in [0.717, 1.165) is 22.3 Å². The Bertz CT molecular complexity index is 2320. The van der Waals surface area contributed by atoms with E-state index in [2.05, 4.69) is 15.4 Å². The molecule has 0 saturated carbocycles. The molecular weight excluding hydrogens is 744 g/mol. The van der Waals surface area contributed by atoms with Crippen molar-refractivity contribution in [2.75, 3.05) is 23.6 Å². The standard InChI is InChI=1S/C40H45FN6O8S/c1-24(2)8-21-35(54-37(49)40(4,5)42)55-39(50)47(32-19-18-31(56(7,51)52)22-33(32)53-6)38-44-34-20-13-28(23-46(34)45-38)27-11-16-30(17-12-27)43-36(48)25(3)26-9-14-29(41)15-10-26/h9-20,22-25,35H,8,21,42H2,1-7H3,(H,43,48). The first-order valence-corrected chi connectivity index (χ1v) is 19.6. The van der Waals surface area contributed by atoms with E-state index in [1.54, 1.807) is 49.5 Å². The SMILES string of the molecule is COc1cc(S(C)(=O)=O)ccc1N(C(=O)OC(CCC(C)C)OC(=O)C(C)(C)N)c1nc2ccc(-c3ccc(NC(=O)C(C)c4ccc(F)cc4)cc3)cn2n1. The maximum absolute atomic E-state index is 14.2. The van der Waals surface area contributed by atoms with Crippen molar-refractivity contribution in [1.82, 2.24) is 14.6 Å². The lowest BCUT2D eigenvalue weighted by Gasteiger charge is -2.27. The number of fused-ring (bicyclic) bond motifs is 1. The summed E-state index contributed by atoms with van der Waals surface area (Å²) in [5.41, 5.74) is 7.74. The number of aromatic nitrogens is 3. The Morgan fingerprint density at radius 2 is 1.59 bits per heavy atom. The third kappa shape index (κ3) is 10.1. The van der Waals surface area contributed by atoms with Gasteiger partial charge >= 0.3 is 12.1 Å². The molecule has 56 heavy (non-hydrogen) atoms. The zero-order valence-electron chi connectivity index (χ0n) is 32.1. The molecule has 0 aliphatic rings. The Labute approximate surface area is 324 Å². The Balaban J connectivity index is 1.47. The summed E-state index contributed by atoms with van der Waals surface area (Å²) >= 11 is 0. The van der Waals surface area contributed by atoms with Crippen LogP contribution in [0, 0.1) is 11.7 Å². The van der Waals surface area contributed by atoms with E-state index in [9.17, 15) is 27.2 Å². The molecule has 0 radical (unpaired) electrons. The zero-order chi connectivity index (χ0) is 40.9. The molecule has 0 aliphatic carbocycles. The summed E-state index contributed by atoms with van der Waals surface area (Å²) in [5.74, 6) is -1.89. The average molecular weight is 789 g/mol. The second kappa shape index (κ2) is 16.9. The molecule has 0 saturated heterocycles. The van der Waals surface area contributed by atoms with Gasteiger partial charge in [0.2, 0.25) is 12.2 Å². The molecule has 2 aromatic heterocycles. The number of nitrogens with zero attached hydrogens (tertiary/aromatic N) is 4. The number of nitrogens with one attached hydrogen (secondary N) is 1.